The van der Waals surface area contributed by atoms with Crippen LogP contribution in [0.25, 0.3) is 0 Å². The lowest BCUT2D eigenvalue weighted by Crippen LogP contribution is -2.42. The summed E-state index contributed by atoms with van der Waals surface area (Å²) in [6, 6.07) is -0.305. The summed E-state index contributed by atoms with van der Waals surface area (Å²) in [4.78, 5) is 4.01. The van der Waals surface area contributed by atoms with Crippen LogP contribution in [-0.4, -0.2) is 24.2 Å². The zero-order valence-corrected chi connectivity index (χ0v) is 12.3. The molecule has 1 heterocycles. The monoisotopic (exact) mass is 296 g/mol. The second kappa shape index (κ2) is 6.19. The maximum Gasteiger partial charge on any atom is 0.443 e. The van der Waals surface area contributed by atoms with Gasteiger partial charge in [-0.3, -0.25) is 0 Å². The van der Waals surface area contributed by atoms with Crippen LogP contribution in [0.2, 0.25) is 0 Å². The molecule has 1 rings (SSSR count). The molecule has 0 bridgehead atoms. The average Bonchev–Trinajstić information content (AvgIpc) is 2.84. The van der Waals surface area contributed by atoms with Gasteiger partial charge >= 0.3 is 6.18 Å². The van der Waals surface area contributed by atoms with Gasteiger partial charge in [-0.15, -0.1) is 11.3 Å². The van der Waals surface area contributed by atoms with Crippen molar-refractivity contribution in [2.45, 2.75) is 45.0 Å². The third-order valence-corrected chi connectivity index (χ3v) is 4.34. The maximum absolute atomic E-state index is 12.6. The van der Waals surface area contributed by atoms with E-state index >= 15 is 0 Å². The Labute approximate surface area is 115 Å². The third kappa shape index (κ3) is 3.67. The molecule has 1 N–H and O–H groups in total. The van der Waals surface area contributed by atoms with E-state index in [0.717, 1.165) is 0 Å². The zero-order valence-electron chi connectivity index (χ0n) is 11.5. The quantitative estimate of drug-likeness (QED) is 0.870. The van der Waals surface area contributed by atoms with E-state index in [-0.39, 0.29) is 6.04 Å². The van der Waals surface area contributed by atoms with E-state index in [1.165, 1.54) is 6.20 Å². The average molecular weight is 296 g/mol. The minimum atomic E-state index is -4.39. The van der Waals surface area contributed by atoms with Crippen molar-refractivity contribution in [1.29, 1.82) is 0 Å². The second-order valence-electron chi connectivity index (χ2n) is 4.43. The number of aromatic nitrogens is 1. The summed E-state index contributed by atoms with van der Waals surface area (Å²) in [5.74, 6) is 0. The molecule has 0 aromatic carbocycles. The lowest BCUT2D eigenvalue weighted by atomic mass is 9.92. The molecule has 0 saturated heterocycles. The second-order valence-corrected chi connectivity index (χ2v) is 5.49. The van der Waals surface area contributed by atoms with Gasteiger partial charge in [0.05, 0.1) is 11.6 Å². The molecule has 3 nitrogen and oxygen atoms in total. The molecule has 2 unspecified atom stereocenters. The molecule has 110 valence electrons. The van der Waals surface area contributed by atoms with Gasteiger partial charge in [0.2, 0.25) is 0 Å². The van der Waals surface area contributed by atoms with Crippen molar-refractivity contribution in [2.24, 2.45) is 0 Å². The molecule has 0 fully saturated rings. The summed E-state index contributed by atoms with van der Waals surface area (Å²) < 4.78 is 43.3. The summed E-state index contributed by atoms with van der Waals surface area (Å²) in [5, 5.41) is 2.36. The molecule has 0 amide bonds. The van der Waals surface area contributed by atoms with E-state index in [4.69, 9.17) is 4.74 Å². The molecule has 0 saturated carbocycles. The van der Waals surface area contributed by atoms with E-state index in [2.05, 4.69) is 10.3 Å². The van der Waals surface area contributed by atoms with Gasteiger partial charge in [-0.05, 0) is 19.9 Å². The number of rotatable bonds is 6. The molecule has 7 heteroatoms. The number of thiazole rings is 1. The fraction of sp³-hybridized carbons (Fsp3) is 0.750. The van der Waals surface area contributed by atoms with Crippen LogP contribution in [0.5, 0.6) is 0 Å². The van der Waals surface area contributed by atoms with Crippen LogP contribution in [-0.2, 0) is 10.9 Å². The van der Waals surface area contributed by atoms with Gasteiger partial charge in [0.25, 0.3) is 0 Å². The highest BCUT2D eigenvalue weighted by atomic mass is 32.1. The number of hydrogen-bond acceptors (Lipinski definition) is 4. The van der Waals surface area contributed by atoms with Gasteiger partial charge in [-0.1, -0.05) is 13.8 Å². The number of hydrogen-bond donors (Lipinski definition) is 1. The Hall–Kier alpha value is -0.660. The molecular weight excluding hydrogens is 277 g/mol. The first-order valence-corrected chi connectivity index (χ1v) is 6.91. The molecule has 0 aliphatic heterocycles. The van der Waals surface area contributed by atoms with Gasteiger partial charge < -0.3 is 10.1 Å². The Kier molecular flexibility index (Phi) is 5.34. The van der Waals surface area contributed by atoms with E-state index in [9.17, 15) is 13.2 Å². The molecule has 0 aliphatic rings. The first kappa shape index (κ1) is 16.4. The summed E-state index contributed by atoms with van der Waals surface area (Å²) in [6.07, 6.45) is -2.43. The number of ether oxygens (including phenoxy) is 1. The maximum atomic E-state index is 12.6. The molecule has 0 aliphatic carbocycles. The van der Waals surface area contributed by atoms with E-state index < -0.39 is 16.8 Å². The topological polar surface area (TPSA) is 34.2 Å². The first-order valence-electron chi connectivity index (χ1n) is 6.10. The lowest BCUT2D eigenvalue weighted by Gasteiger charge is -2.35. The van der Waals surface area contributed by atoms with Crippen molar-refractivity contribution in [3.8, 4) is 0 Å². The number of nitrogens with one attached hydrogen (secondary N) is 1. The fourth-order valence-electron chi connectivity index (χ4n) is 1.84. The van der Waals surface area contributed by atoms with Crippen molar-refractivity contribution < 1.29 is 17.9 Å². The highest BCUT2D eigenvalue weighted by molar-refractivity contribution is 7.11. The molecular formula is C12H19F3N2OS. The number of alkyl halides is 3. The predicted molar refractivity (Wildman–Crippen MR) is 69.2 cm³/mol. The SMILES string of the molecule is CCNC(c1cnc(C(F)(F)F)s1)C(C)(CC)OC. The Morgan fingerprint density at radius 1 is 1.42 bits per heavy atom. The number of nitrogens with zero attached hydrogens (tertiary/aromatic N) is 1. The van der Waals surface area contributed by atoms with Gasteiger partial charge in [-0.25, -0.2) is 4.98 Å². The minimum absolute atomic E-state index is 0.305. The number of halogens is 3. The Bertz CT molecular complexity index is 402. The van der Waals surface area contributed by atoms with Crippen molar-refractivity contribution >= 4 is 11.3 Å². The van der Waals surface area contributed by atoms with Crippen LogP contribution in [0, 0.1) is 0 Å². The van der Waals surface area contributed by atoms with Crippen LogP contribution >= 0.6 is 11.3 Å². The van der Waals surface area contributed by atoms with Crippen molar-refractivity contribution in [2.75, 3.05) is 13.7 Å². The fourth-order valence-corrected chi connectivity index (χ4v) is 2.84. The molecule has 19 heavy (non-hydrogen) atoms. The smallest absolute Gasteiger partial charge is 0.377 e. The summed E-state index contributed by atoms with van der Waals surface area (Å²) in [6.45, 7) is 6.38. The highest BCUT2D eigenvalue weighted by Crippen LogP contribution is 2.38. The van der Waals surface area contributed by atoms with Crippen molar-refractivity contribution in [1.82, 2.24) is 10.3 Å². The summed E-state index contributed by atoms with van der Waals surface area (Å²) >= 11 is 0.667. The molecule has 0 spiro atoms. The van der Waals surface area contributed by atoms with E-state index in [1.54, 1.807) is 7.11 Å². The standard InChI is InChI=1S/C12H19F3N2OS/c1-5-11(3,18-4)9(16-6-2)8-7-17-10(19-8)12(13,14)15/h7,9,16H,5-6H2,1-4H3. The minimum Gasteiger partial charge on any atom is -0.377 e. The summed E-state index contributed by atoms with van der Waals surface area (Å²) in [7, 11) is 1.57. The Morgan fingerprint density at radius 3 is 2.42 bits per heavy atom. The largest absolute Gasteiger partial charge is 0.443 e. The van der Waals surface area contributed by atoms with Crippen LogP contribution in [0.3, 0.4) is 0 Å². The first-order chi connectivity index (χ1) is 8.78. The predicted octanol–water partition coefficient (Wildman–Crippen LogP) is 3.63. The molecule has 2 atom stereocenters. The van der Waals surface area contributed by atoms with Gasteiger partial charge in [0, 0.05) is 18.2 Å². The van der Waals surface area contributed by atoms with Crippen LogP contribution < -0.4 is 5.32 Å². The van der Waals surface area contributed by atoms with Crippen LogP contribution in [0.4, 0.5) is 13.2 Å². The highest BCUT2D eigenvalue weighted by Gasteiger charge is 2.39. The van der Waals surface area contributed by atoms with Crippen LogP contribution in [0.15, 0.2) is 6.20 Å². The van der Waals surface area contributed by atoms with Gasteiger partial charge in [-0.2, -0.15) is 13.2 Å². The Balaban J connectivity index is 3.09. The summed E-state index contributed by atoms with van der Waals surface area (Å²) in [5.41, 5.74) is -0.564. The number of likely N-dealkylation sites (N-methyl/N-ethyl adjacent to an activating group) is 1. The van der Waals surface area contributed by atoms with Crippen LogP contribution in [0.1, 0.15) is 43.1 Å². The number of methoxy groups -OCH3 is 1. The molecule has 1 aromatic rings. The van der Waals surface area contributed by atoms with Crippen molar-refractivity contribution in [3.63, 3.8) is 0 Å². The van der Waals surface area contributed by atoms with Gasteiger partial charge in [0.15, 0.2) is 5.01 Å². The Morgan fingerprint density at radius 2 is 2.05 bits per heavy atom. The third-order valence-electron chi connectivity index (χ3n) is 3.24. The molecule has 1 aromatic heterocycles. The lowest BCUT2D eigenvalue weighted by molar-refractivity contribution is -0.137. The molecule has 0 radical (unpaired) electrons. The van der Waals surface area contributed by atoms with Gasteiger partial charge in [0.1, 0.15) is 0 Å². The zero-order chi connectivity index (χ0) is 14.7. The van der Waals surface area contributed by atoms with Crippen molar-refractivity contribution in [3.05, 3.63) is 16.1 Å². The van der Waals surface area contributed by atoms with E-state index in [0.29, 0.717) is 29.2 Å². The normalized spacial score (nSPS) is 17.2. The van der Waals surface area contributed by atoms with E-state index in [1.807, 2.05) is 20.8 Å².